The Morgan fingerprint density at radius 2 is 2.33 bits per heavy atom. The van der Waals surface area contributed by atoms with Crippen LogP contribution in [-0.2, 0) is 0 Å². The van der Waals surface area contributed by atoms with E-state index in [-0.39, 0.29) is 5.91 Å². The normalized spacial score (nSPS) is 18.1. The van der Waals surface area contributed by atoms with Gasteiger partial charge in [0.15, 0.2) is 0 Å². The van der Waals surface area contributed by atoms with E-state index in [1.165, 1.54) is 0 Å². The van der Waals surface area contributed by atoms with Gasteiger partial charge >= 0.3 is 0 Å². The molecule has 3 N–H and O–H groups in total. The highest BCUT2D eigenvalue weighted by Gasteiger charge is 2.20. The minimum atomic E-state index is -0.0467. The molecule has 1 aliphatic heterocycles. The molecule has 1 aliphatic rings. The fourth-order valence-electron chi connectivity index (χ4n) is 2.63. The Kier molecular flexibility index (Phi) is 5.38. The van der Waals surface area contributed by atoms with Gasteiger partial charge in [0.1, 0.15) is 0 Å². The maximum Gasteiger partial charge on any atom is 0.252 e. The van der Waals surface area contributed by atoms with Gasteiger partial charge in [-0.1, -0.05) is 23.5 Å². The number of rotatable bonds is 3. The standard InChI is InChI=1S/C17H23N3O/c1-13-5-6-15(4-3-8-18)16(10-13)17(21)19-11-14-7-9-20(2)12-14/h5-6,10,14H,7-9,11-12,18H2,1-2H3,(H,19,21). The zero-order chi connectivity index (χ0) is 15.2. The summed E-state index contributed by atoms with van der Waals surface area (Å²) in [5, 5.41) is 3.04. The van der Waals surface area contributed by atoms with Gasteiger partial charge in [-0.15, -0.1) is 0 Å². The molecule has 1 aromatic rings. The van der Waals surface area contributed by atoms with E-state index < -0.39 is 0 Å². The summed E-state index contributed by atoms with van der Waals surface area (Å²) in [7, 11) is 2.11. The van der Waals surface area contributed by atoms with Gasteiger partial charge in [-0.2, -0.15) is 0 Å². The van der Waals surface area contributed by atoms with Crippen molar-refractivity contribution < 1.29 is 4.79 Å². The Labute approximate surface area is 126 Å². The molecular weight excluding hydrogens is 262 g/mol. The average Bonchev–Trinajstić information content (AvgIpc) is 2.89. The van der Waals surface area contributed by atoms with Gasteiger partial charge in [0.25, 0.3) is 5.91 Å². The SMILES string of the molecule is Cc1ccc(C#CCN)c(C(=O)NCC2CCN(C)C2)c1. The van der Waals surface area contributed by atoms with E-state index in [0.717, 1.165) is 37.2 Å². The second kappa shape index (κ2) is 7.26. The molecule has 4 nitrogen and oxygen atoms in total. The highest BCUT2D eigenvalue weighted by atomic mass is 16.1. The van der Waals surface area contributed by atoms with Crippen molar-refractivity contribution in [3.8, 4) is 11.8 Å². The molecule has 0 spiro atoms. The van der Waals surface area contributed by atoms with Crippen LogP contribution in [0.25, 0.3) is 0 Å². The van der Waals surface area contributed by atoms with Crippen LogP contribution in [-0.4, -0.2) is 44.0 Å². The first-order valence-corrected chi connectivity index (χ1v) is 7.36. The van der Waals surface area contributed by atoms with Gasteiger partial charge in [0, 0.05) is 18.7 Å². The number of nitrogens with zero attached hydrogens (tertiary/aromatic N) is 1. The topological polar surface area (TPSA) is 58.4 Å². The number of nitrogens with one attached hydrogen (secondary N) is 1. The molecule has 1 atom stereocenters. The number of nitrogens with two attached hydrogens (primary N) is 1. The summed E-state index contributed by atoms with van der Waals surface area (Å²) in [6.07, 6.45) is 1.14. The molecule has 0 aliphatic carbocycles. The van der Waals surface area contributed by atoms with Gasteiger partial charge in [-0.25, -0.2) is 0 Å². The molecule has 4 heteroatoms. The number of hydrogen-bond acceptors (Lipinski definition) is 3. The molecule has 1 saturated heterocycles. The van der Waals surface area contributed by atoms with Crippen molar-refractivity contribution in [1.82, 2.24) is 10.2 Å². The lowest BCUT2D eigenvalue weighted by atomic mass is 10.0. The van der Waals surface area contributed by atoms with Crippen molar-refractivity contribution in [2.75, 3.05) is 33.2 Å². The average molecular weight is 285 g/mol. The summed E-state index contributed by atoms with van der Waals surface area (Å²) in [6, 6.07) is 5.73. The number of amides is 1. The summed E-state index contributed by atoms with van der Waals surface area (Å²) in [4.78, 5) is 14.7. The van der Waals surface area contributed by atoms with E-state index in [9.17, 15) is 4.79 Å². The quantitative estimate of drug-likeness (QED) is 0.814. The van der Waals surface area contributed by atoms with Crippen molar-refractivity contribution in [2.24, 2.45) is 11.7 Å². The third-order valence-electron chi connectivity index (χ3n) is 3.79. The summed E-state index contributed by atoms with van der Waals surface area (Å²) in [6.45, 7) is 5.15. The first-order valence-electron chi connectivity index (χ1n) is 7.36. The molecule has 1 aromatic carbocycles. The molecule has 2 rings (SSSR count). The van der Waals surface area contributed by atoms with Crippen LogP contribution in [0, 0.1) is 24.7 Å². The molecule has 112 valence electrons. The third-order valence-corrected chi connectivity index (χ3v) is 3.79. The van der Waals surface area contributed by atoms with Crippen molar-refractivity contribution >= 4 is 5.91 Å². The Morgan fingerprint density at radius 3 is 3.00 bits per heavy atom. The van der Waals surface area contributed by atoms with E-state index in [4.69, 9.17) is 5.73 Å². The summed E-state index contributed by atoms with van der Waals surface area (Å²) in [5.74, 6) is 6.28. The van der Waals surface area contributed by atoms with Crippen LogP contribution in [0.1, 0.15) is 27.9 Å². The number of likely N-dealkylation sites (tertiary alicyclic amines) is 1. The Morgan fingerprint density at radius 1 is 1.52 bits per heavy atom. The number of benzene rings is 1. The van der Waals surface area contributed by atoms with E-state index in [1.54, 1.807) is 0 Å². The molecule has 1 heterocycles. The van der Waals surface area contributed by atoms with E-state index in [1.807, 2.05) is 25.1 Å². The second-order valence-corrected chi connectivity index (χ2v) is 5.68. The lowest BCUT2D eigenvalue weighted by molar-refractivity contribution is 0.0947. The predicted molar refractivity (Wildman–Crippen MR) is 85.0 cm³/mol. The summed E-state index contributed by atoms with van der Waals surface area (Å²) < 4.78 is 0. The summed E-state index contributed by atoms with van der Waals surface area (Å²) >= 11 is 0. The highest BCUT2D eigenvalue weighted by Crippen LogP contribution is 2.14. The van der Waals surface area contributed by atoms with Crippen molar-refractivity contribution in [3.05, 3.63) is 34.9 Å². The number of carbonyl (C=O) groups excluding carboxylic acids is 1. The minimum Gasteiger partial charge on any atom is -0.352 e. The number of carbonyl (C=O) groups is 1. The smallest absolute Gasteiger partial charge is 0.252 e. The third kappa shape index (κ3) is 4.32. The number of aryl methyl sites for hydroxylation is 1. The maximum atomic E-state index is 12.4. The minimum absolute atomic E-state index is 0.0467. The molecule has 0 radical (unpaired) electrons. The van der Waals surface area contributed by atoms with Crippen LogP contribution in [0.3, 0.4) is 0 Å². The zero-order valence-electron chi connectivity index (χ0n) is 12.8. The monoisotopic (exact) mass is 285 g/mol. The van der Waals surface area contributed by atoms with Crippen LogP contribution in [0.2, 0.25) is 0 Å². The van der Waals surface area contributed by atoms with E-state index >= 15 is 0 Å². The fraction of sp³-hybridized carbons (Fsp3) is 0.471. The molecule has 1 unspecified atom stereocenters. The molecule has 1 amide bonds. The fourth-order valence-corrected chi connectivity index (χ4v) is 2.63. The molecule has 0 bridgehead atoms. The van der Waals surface area contributed by atoms with Gasteiger partial charge in [0.05, 0.1) is 12.1 Å². The van der Waals surface area contributed by atoms with Gasteiger partial charge in [-0.05, 0) is 45.0 Å². The Bertz CT molecular complexity index is 571. The first-order chi connectivity index (χ1) is 10.1. The molecule has 0 aromatic heterocycles. The highest BCUT2D eigenvalue weighted by molar-refractivity contribution is 5.97. The van der Waals surface area contributed by atoms with Crippen molar-refractivity contribution in [2.45, 2.75) is 13.3 Å². The van der Waals surface area contributed by atoms with Crippen molar-refractivity contribution in [1.29, 1.82) is 0 Å². The predicted octanol–water partition coefficient (Wildman–Crippen LogP) is 0.987. The largest absolute Gasteiger partial charge is 0.352 e. The maximum absolute atomic E-state index is 12.4. The lowest BCUT2D eigenvalue weighted by Crippen LogP contribution is -2.31. The Hall–Kier alpha value is -1.83. The van der Waals surface area contributed by atoms with Gasteiger partial charge in [-0.3, -0.25) is 4.79 Å². The van der Waals surface area contributed by atoms with Gasteiger partial charge < -0.3 is 16.0 Å². The van der Waals surface area contributed by atoms with Crippen molar-refractivity contribution in [3.63, 3.8) is 0 Å². The second-order valence-electron chi connectivity index (χ2n) is 5.68. The van der Waals surface area contributed by atoms with Crippen LogP contribution in [0.5, 0.6) is 0 Å². The van der Waals surface area contributed by atoms with Crippen LogP contribution >= 0.6 is 0 Å². The molecular formula is C17H23N3O. The lowest BCUT2D eigenvalue weighted by Gasteiger charge is -2.12. The van der Waals surface area contributed by atoms with Gasteiger partial charge in [0.2, 0.25) is 0 Å². The summed E-state index contributed by atoms with van der Waals surface area (Å²) in [5.41, 5.74) is 7.85. The number of hydrogen-bond donors (Lipinski definition) is 2. The van der Waals surface area contributed by atoms with Crippen LogP contribution in [0.4, 0.5) is 0 Å². The molecule has 0 saturated carbocycles. The Balaban J connectivity index is 2.05. The zero-order valence-corrected chi connectivity index (χ0v) is 12.8. The van der Waals surface area contributed by atoms with E-state index in [0.29, 0.717) is 18.0 Å². The first kappa shape index (κ1) is 15.6. The van der Waals surface area contributed by atoms with Crippen LogP contribution in [0.15, 0.2) is 18.2 Å². The molecule has 1 fully saturated rings. The van der Waals surface area contributed by atoms with E-state index in [2.05, 4.69) is 29.1 Å². The molecule has 21 heavy (non-hydrogen) atoms. The van der Waals surface area contributed by atoms with Crippen LogP contribution < -0.4 is 11.1 Å².